The standard InChI is InChI=1S/C21H22N6O4S/c1-13-11-16(27(30)31)9-10-17(13)23-18(28)12-32-21-25-24-19(26(21)3)14(2)22-20(29)15-7-5-4-6-8-15/h4-11,14H,12H2,1-3H3,(H,22,29)(H,23,28)/t14-/m0/s1. The number of hydrogen-bond donors (Lipinski definition) is 2. The fourth-order valence-electron chi connectivity index (χ4n) is 2.98. The first-order valence-electron chi connectivity index (χ1n) is 9.69. The Balaban J connectivity index is 1.58. The van der Waals surface area contributed by atoms with Crippen LogP contribution in [0.25, 0.3) is 0 Å². The Hall–Kier alpha value is -3.73. The molecule has 166 valence electrons. The molecule has 32 heavy (non-hydrogen) atoms. The molecule has 1 heterocycles. The molecular weight excluding hydrogens is 432 g/mol. The van der Waals surface area contributed by atoms with Crippen LogP contribution in [0, 0.1) is 17.0 Å². The number of nitrogens with one attached hydrogen (secondary N) is 2. The Kier molecular flexibility index (Phi) is 7.21. The second-order valence-electron chi connectivity index (χ2n) is 7.05. The van der Waals surface area contributed by atoms with E-state index in [4.69, 9.17) is 0 Å². The SMILES string of the molecule is Cc1cc([N+](=O)[O-])ccc1NC(=O)CSc1nnc([C@H](C)NC(=O)c2ccccc2)n1C. The second kappa shape index (κ2) is 10.1. The predicted molar refractivity (Wildman–Crippen MR) is 121 cm³/mol. The van der Waals surface area contributed by atoms with Crippen molar-refractivity contribution in [3.8, 4) is 0 Å². The maximum Gasteiger partial charge on any atom is 0.269 e. The molecule has 0 radical (unpaired) electrons. The third-order valence-electron chi connectivity index (χ3n) is 4.67. The van der Waals surface area contributed by atoms with Gasteiger partial charge in [0, 0.05) is 30.4 Å². The average molecular weight is 455 g/mol. The third kappa shape index (κ3) is 5.49. The van der Waals surface area contributed by atoms with Gasteiger partial charge in [0.1, 0.15) is 0 Å². The zero-order chi connectivity index (χ0) is 23.3. The molecule has 0 aliphatic carbocycles. The number of aromatic nitrogens is 3. The van der Waals surface area contributed by atoms with Gasteiger partial charge in [0.25, 0.3) is 11.6 Å². The van der Waals surface area contributed by atoms with Crippen molar-refractivity contribution in [3.63, 3.8) is 0 Å². The summed E-state index contributed by atoms with van der Waals surface area (Å²) < 4.78 is 1.73. The number of rotatable bonds is 8. The van der Waals surface area contributed by atoms with Gasteiger partial charge in [-0.15, -0.1) is 10.2 Å². The molecule has 0 spiro atoms. The normalized spacial score (nSPS) is 11.6. The van der Waals surface area contributed by atoms with E-state index < -0.39 is 4.92 Å². The van der Waals surface area contributed by atoms with Gasteiger partial charge in [-0.05, 0) is 37.6 Å². The lowest BCUT2D eigenvalue weighted by Gasteiger charge is -2.13. The Labute approximate surface area is 188 Å². The monoisotopic (exact) mass is 454 g/mol. The molecule has 0 unspecified atom stereocenters. The highest BCUT2D eigenvalue weighted by molar-refractivity contribution is 7.99. The first-order valence-corrected chi connectivity index (χ1v) is 10.7. The zero-order valence-electron chi connectivity index (χ0n) is 17.7. The van der Waals surface area contributed by atoms with Crippen LogP contribution in [0.15, 0.2) is 53.7 Å². The molecular formula is C21H22N6O4S. The van der Waals surface area contributed by atoms with Gasteiger partial charge in [-0.2, -0.15) is 0 Å². The number of amides is 2. The number of carbonyl (C=O) groups excluding carboxylic acids is 2. The first-order chi connectivity index (χ1) is 15.3. The van der Waals surface area contributed by atoms with E-state index in [1.165, 1.54) is 30.0 Å². The molecule has 0 bridgehead atoms. The fraction of sp³-hybridized carbons (Fsp3) is 0.238. The molecule has 1 aromatic heterocycles. The summed E-state index contributed by atoms with van der Waals surface area (Å²) in [5, 5.41) is 25.2. The van der Waals surface area contributed by atoms with E-state index in [-0.39, 0.29) is 29.3 Å². The van der Waals surface area contributed by atoms with E-state index in [0.29, 0.717) is 27.8 Å². The Morgan fingerprint density at radius 2 is 1.91 bits per heavy atom. The molecule has 11 heteroatoms. The Morgan fingerprint density at radius 3 is 2.56 bits per heavy atom. The summed E-state index contributed by atoms with van der Waals surface area (Å²) in [6, 6.07) is 12.7. The molecule has 1 atom stereocenters. The first kappa shape index (κ1) is 22.9. The molecule has 0 aliphatic heterocycles. The number of nitro benzene ring substituents is 1. The van der Waals surface area contributed by atoms with Gasteiger partial charge in [-0.25, -0.2) is 0 Å². The Morgan fingerprint density at radius 1 is 1.19 bits per heavy atom. The van der Waals surface area contributed by atoms with Crippen LogP contribution < -0.4 is 10.6 Å². The lowest BCUT2D eigenvalue weighted by molar-refractivity contribution is -0.384. The average Bonchev–Trinajstić information content (AvgIpc) is 3.14. The molecule has 0 saturated carbocycles. The summed E-state index contributed by atoms with van der Waals surface area (Å²) in [6.07, 6.45) is 0. The highest BCUT2D eigenvalue weighted by Gasteiger charge is 2.19. The van der Waals surface area contributed by atoms with E-state index in [1.54, 1.807) is 42.8 Å². The number of aryl methyl sites for hydroxylation is 1. The number of non-ortho nitro benzene ring substituents is 1. The van der Waals surface area contributed by atoms with Crippen molar-refractivity contribution in [1.82, 2.24) is 20.1 Å². The van der Waals surface area contributed by atoms with Crippen LogP contribution in [-0.4, -0.2) is 37.3 Å². The van der Waals surface area contributed by atoms with Crippen molar-refractivity contribution < 1.29 is 14.5 Å². The third-order valence-corrected chi connectivity index (χ3v) is 5.69. The van der Waals surface area contributed by atoms with Gasteiger partial charge in [0.15, 0.2) is 11.0 Å². The number of anilines is 1. The fourth-order valence-corrected chi connectivity index (χ4v) is 3.70. The molecule has 0 aliphatic rings. The quantitative estimate of drug-likeness (QED) is 0.303. The lowest BCUT2D eigenvalue weighted by atomic mass is 10.2. The molecule has 2 amide bonds. The number of carbonyl (C=O) groups is 2. The smallest absolute Gasteiger partial charge is 0.269 e. The summed E-state index contributed by atoms with van der Waals surface area (Å²) in [5.41, 5.74) is 1.63. The van der Waals surface area contributed by atoms with Gasteiger partial charge >= 0.3 is 0 Å². The predicted octanol–water partition coefficient (Wildman–Crippen LogP) is 3.25. The van der Waals surface area contributed by atoms with Crippen LogP contribution in [0.3, 0.4) is 0 Å². The molecule has 10 nitrogen and oxygen atoms in total. The van der Waals surface area contributed by atoms with Crippen molar-refractivity contribution in [2.45, 2.75) is 25.0 Å². The highest BCUT2D eigenvalue weighted by Crippen LogP contribution is 2.23. The largest absolute Gasteiger partial charge is 0.342 e. The van der Waals surface area contributed by atoms with E-state index >= 15 is 0 Å². The van der Waals surface area contributed by atoms with Gasteiger partial charge in [0.05, 0.1) is 16.7 Å². The van der Waals surface area contributed by atoms with E-state index in [2.05, 4.69) is 20.8 Å². The van der Waals surface area contributed by atoms with Crippen LogP contribution in [0.2, 0.25) is 0 Å². The van der Waals surface area contributed by atoms with E-state index in [0.717, 1.165) is 0 Å². The molecule has 3 aromatic rings. The second-order valence-corrected chi connectivity index (χ2v) is 8.00. The summed E-state index contributed by atoms with van der Waals surface area (Å²) in [5.74, 6) is 0.145. The highest BCUT2D eigenvalue weighted by atomic mass is 32.2. The number of nitro groups is 1. The maximum absolute atomic E-state index is 12.4. The number of thioether (sulfide) groups is 1. The van der Waals surface area contributed by atoms with Crippen molar-refractivity contribution in [3.05, 3.63) is 75.6 Å². The van der Waals surface area contributed by atoms with Crippen LogP contribution in [0.1, 0.15) is 34.7 Å². The topological polar surface area (TPSA) is 132 Å². The van der Waals surface area contributed by atoms with Crippen LogP contribution in [0.5, 0.6) is 0 Å². The molecule has 3 rings (SSSR count). The van der Waals surface area contributed by atoms with Crippen molar-refractivity contribution in [2.75, 3.05) is 11.1 Å². The Bertz CT molecular complexity index is 1150. The molecule has 0 saturated heterocycles. The minimum Gasteiger partial charge on any atom is -0.342 e. The van der Waals surface area contributed by atoms with E-state index in [1.807, 2.05) is 13.0 Å². The molecule has 2 aromatic carbocycles. The van der Waals surface area contributed by atoms with Crippen LogP contribution in [-0.2, 0) is 11.8 Å². The number of benzene rings is 2. The summed E-state index contributed by atoms with van der Waals surface area (Å²) in [7, 11) is 1.77. The van der Waals surface area contributed by atoms with Crippen LogP contribution in [0.4, 0.5) is 11.4 Å². The van der Waals surface area contributed by atoms with Crippen molar-refractivity contribution in [1.29, 1.82) is 0 Å². The molecule has 0 fully saturated rings. The maximum atomic E-state index is 12.4. The molecule has 2 N–H and O–H groups in total. The number of nitrogens with zero attached hydrogens (tertiary/aromatic N) is 4. The number of hydrogen-bond acceptors (Lipinski definition) is 7. The van der Waals surface area contributed by atoms with Gasteiger partial charge < -0.3 is 15.2 Å². The summed E-state index contributed by atoms with van der Waals surface area (Å²) in [4.78, 5) is 35.0. The summed E-state index contributed by atoms with van der Waals surface area (Å²) in [6.45, 7) is 3.50. The zero-order valence-corrected chi connectivity index (χ0v) is 18.5. The van der Waals surface area contributed by atoms with Crippen LogP contribution >= 0.6 is 11.8 Å². The van der Waals surface area contributed by atoms with Crippen molar-refractivity contribution >= 4 is 35.0 Å². The van der Waals surface area contributed by atoms with Gasteiger partial charge in [-0.1, -0.05) is 30.0 Å². The minimum atomic E-state index is -0.483. The van der Waals surface area contributed by atoms with E-state index in [9.17, 15) is 19.7 Å². The van der Waals surface area contributed by atoms with Crippen molar-refractivity contribution in [2.24, 2.45) is 7.05 Å². The van der Waals surface area contributed by atoms with Gasteiger partial charge in [0.2, 0.25) is 5.91 Å². The minimum absolute atomic E-state index is 0.0324. The summed E-state index contributed by atoms with van der Waals surface area (Å²) >= 11 is 1.20. The van der Waals surface area contributed by atoms with Gasteiger partial charge in [-0.3, -0.25) is 19.7 Å². The lowest BCUT2D eigenvalue weighted by Crippen LogP contribution is -2.28.